The van der Waals surface area contributed by atoms with Crippen LogP contribution in [0.25, 0.3) is 0 Å². The zero-order chi connectivity index (χ0) is 9.14. The molecule has 1 aromatic heterocycles. The second-order valence-electron chi connectivity index (χ2n) is 2.49. The third-order valence-corrected chi connectivity index (χ3v) is 1.63. The SMILES string of the molecule is CCc1[nH]c(C)nc1C(=O)OC. The molecular formula is C8H12N2O2. The summed E-state index contributed by atoms with van der Waals surface area (Å²) in [6, 6.07) is 0. The molecule has 4 heteroatoms. The summed E-state index contributed by atoms with van der Waals surface area (Å²) in [6.07, 6.45) is 0.755. The molecule has 0 bridgehead atoms. The highest BCUT2D eigenvalue weighted by Crippen LogP contribution is 2.07. The molecule has 0 fully saturated rings. The number of rotatable bonds is 2. The van der Waals surface area contributed by atoms with Crippen LogP contribution in [0.3, 0.4) is 0 Å². The first-order valence-corrected chi connectivity index (χ1v) is 3.82. The number of nitrogens with one attached hydrogen (secondary N) is 1. The van der Waals surface area contributed by atoms with Gasteiger partial charge in [0.25, 0.3) is 0 Å². The van der Waals surface area contributed by atoms with Gasteiger partial charge >= 0.3 is 5.97 Å². The highest BCUT2D eigenvalue weighted by atomic mass is 16.5. The van der Waals surface area contributed by atoms with E-state index in [1.165, 1.54) is 7.11 Å². The van der Waals surface area contributed by atoms with Gasteiger partial charge in [0.1, 0.15) is 5.82 Å². The van der Waals surface area contributed by atoms with Crippen LogP contribution in [0, 0.1) is 6.92 Å². The van der Waals surface area contributed by atoms with Crippen LogP contribution in [-0.4, -0.2) is 23.0 Å². The molecule has 1 heterocycles. The van der Waals surface area contributed by atoms with E-state index in [2.05, 4.69) is 14.7 Å². The van der Waals surface area contributed by atoms with Crippen molar-refractivity contribution in [1.82, 2.24) is 9.97 Å². The van der Waals surface area contributed by atoms with Gasteiger partial charge < -0.3 is 9.72 Å². The molecule has 0 aliphatic rings. The Bertz CT molecular complexity index is 291. The molecule has 1 rings (SSSR count). The molecule has 0 atom stereocenters. The normalized spacial score (nSPS) is 9.92. The lowest BCUT2D eigenvalue weighted by Gasteiger charge is -1.95. The summed E-state index contributed by atoms with van der Waals surface area (Å²) in [5.41, 5.74) is 1.23. The number of aromatic amines is 1. The Morgan fingerprint density at radius 3 is 2.83 bits per heavy atom. The third kappa shape index (κ3) is 1.47. The maximum absolute atomic E-state index is 11.1. The fourth-order valence-corrected chi connectivity index (χ4v) is 1.06. The van der Waals surface area contributed by atoms with Crippen LogP contribution < -0.4 is 0 Å². The van der Waals surface area contributed by atoms with Crippen LogP contribution in [0.2, 0.25) is 0 Å². The quantitative estimate of drug-likeness (QED) is 0.672. The van der Waals surface area contributed by atoms with Gasteiger partial charge in [-0.15, -0.1) is 0 Å². The van der Waals surface area contributed by atoms with E-state index in [4.69, 9.17) is 0 Å². The van der Waals surface area contributed by atoms with Crippen molar-refractivity contribution < 1.29 is 9.53 Å². The number of aromatic nitrogens is 2. The summed E-state index contributed by atoms with van der Waals surface area (Å²) in [7, 11) is 1.35. The minimum absolute atomic E-state index is 0.379. The lowest BCUT2D eigenvalue weighted by molar-refractivity contribution is 0.0593. The van der Waals surface area contributed by atoms with Gasteiger partial charge in [-0.25, -0.2) is 9.78 Å². The van der Waals surface area contributed by atoms with Crippen LogP contribution in [-0.2, 0) is 11.2 Å². The van der Waals surface area contributed by atoms with Crippen LogP contribution in [0.15, 0.2) is 0 Å². The summed E-state index contributed by atoms with van der Waals surface area (Å²) in [4.78, 5) is 18.1. The first kappa shape index (κ1) is 8.77. The number of methoxy groups -OCH3 is 1. The van der Waals surface area contributed by atoms with Crippen molar-refractivity contribution in [2.24, 2.45) is 0 Å². The van der Waals surface area contributed by atoms with Crippen LogP contribution in [0.5, 0.6) is 0 Å². The molecule has 4 nitrogen and oxygen atoms in total. The van der Waals surface area contributed by atoms with Gasteiger partial charge in [-0.3, -0.25) is 0 Å². The number of hydrogen-bond donors (Lipinski definition) is 1. The fraction of sp³-hybridized carbons (Fsp3) is 0.500. The van der Waals surface area contributed by atoms with E-state index in [1.807, 2.05) is 13.8 Å². The largest absolute Gasteiger partial charge is 0.464 e. The van der Waals surface area contributed by atoms with Gasteiger partial charge in [0.05, 0.1) is 7.11 Å². The van der Waals surface area contributed by atoms with Crippen molar-refractivity contribution in [2.45, 2.75) is 20.3 Å². The third-order valence-electron chi connectivity index (χ3n) is 1.63. The van der Waals surface area contributed by atoms with Gasteiger partial charge in [0.2, 0.25) is 0 Å². The van der Waals surface area contributed by atoms with Crippen molar-refractivity contribution in [3.63, 3.8) is 0 Å². The van der Waals surface area contributed by atoms with Crippen molar-refractivity contribution in [3.05, 3.63) is 17.2 Å². The number of carbonyl (C=O) groups excluding carboxylic acids is 1. The Balaban J connectivity index is 3.04. The number of H-pyrrole nitrogens is 1. The molecule has 0 spiro atoms. The number of imidazole rings is 1. The zero-order valence-corrected chi connectivity index (χ0v) is 7.47. The maximum atomic E-state index is 11.1. The monoisotopic (exact) mass is 168 g/mol. The van der Waals surface area contributed by atoms with Crippen molar-refractivity contribution >= 4 is 5.97 Å². The molecule has 0 amide bonds. The van der Waals surface area contributed by atoms with Crippen molar-refractivity contribution in [1.29, 1.82) is 0 Å². The minimum Gasteiger partial charge on any atom is -0.464 e. The van der Waals surface area contributed by atoms with Crippen LogP contribution >= 0.6 is 0 Å². The van der Waals surface area contributed by atoms with Crippen LogP contribution in [0.1, 0.15) is 28.9 Å². The summed E-state index contributed by atoms with van der Waals surface area (Å²) >= 11 is 0. The molecule has 66 valence electrons. The maximum Gasteiger partial charge on any atom is 0.358 e. The van der Waals surface area contributed by atoms with E-state index >= 15 is 0 Å². The second-order valence-corrected chi connectivity index (χ2v) is 2.49. The van der Waals surface area contributed by atoms with Gasteiger partial charge in [0, 0.05) is 5.69 Å². The molecule has 0 aliphatic heterocycles. The number of esters is 1. The molecule has 12 heavy (non-hydrogen) atoms. The Morgan fingerprint density at radius 2 is 2.33 bits per heavy atom. The van der Waals surface area contributed by atoms with Crippen LogP contribution in [0.4, 0.5) is 0 Å². The predicted molar refractivity (Wildman–Crippen MR) is 44.0 cm³/mol. The topological polar surface area (TPSA) is 55.0 Å². The Hall–Kier alpha value is -1.32. The molecule has 0 aromatic carbocycles. The standard InChI is InChI=1S/C8H12N2O2/c1-4-6-7(8(11)12-3)10-5(2)9-6/h4H2,1-3H3,(H,9,10). The Kier molecular flexibility index (Phi) is 2.47. The number of ether oxygens (including phenoxy) is 1. The summed E-state index contributed by atoms with van der Waals surface area (Å²) in [5, 5.41) is 0. The first-order chi connectivity index (χ1) is 5.69. The van der Waals surface area contributed by atoms with Gasteiger partial charge in [-0.1, -0.05) is 6.92 Å². The molecule has 0 radical (unpaired) electrons. The average Bonchev–Trinajstić information content (AvgIpc) is 2.45. The van der Waals surface area contributed by atoms with Gasteiger partial charge in [0.15, 0.2) is 5.69 Å². The summed E-state index contributed by atoms with van der Waals surface area (Å²) in [5.74, 6) is 0.364. The fourth-order valence-electron chi connectivity index (χ4n) is 1.06. The summed E-state index contributed by atoms with van der Waals surface area (Å²) < 4.78 is 4.57. The average molecular weight is 168 g/mol. The van der Waals surface area contributed by atoms with Gasteiger partial charge in [-0.2, -0.15) is 0 Å². The molecule has 1 aromatic rings. The first-order valence-electron chi connectivity index (χ1n) is 3.82. The molecule has 1 N–H and O–H groups in total. The minimum atomic E-state index is -0.379. The predicted octanol–water partition coefficient (Wildman–Crippen LogP) is 1.07. The number of aryl methyl sites for hydroxylation is 2. The van der Waals surface area contributed by atoms with E-state index in [0.29, 0.717) is 5.69 Å². The number of nitrogens with zero attached hydrogens (tertiary/aromatic N) is 1. The molecule has 0 saturated carbocycles. The molecule has 0 saturated heterocycles. The van der Waals surface area contributed by atoms with E-state index in [-0.39, 0.29) is 5.97 Å². The Labute approximate surface area is 71.0 Å². The lowest BCUT2D eigenvalue weighted by Crippen LogP contribution is -2.04. The van der Waals surface area contributed by atoms with Gasteiger partial charge in [-0.05, 0) is 13.3 Å². The zero-order valence-electron chi connectivity index (χ0n) is 7.47. The molecular weight excluding hydrogens is 156 g/mol. The van der Waals surface area contributed by atoms with E-state index in [1.54, 1.807) is 0 Å². The van der Waals surface area contributed by atoms with E-state index in [9.17, 15) is 4.79 Å². The van der Waals surface area contributed by atoms with E-state index in [0.717, 1.165) is 17.9 Å². The smallest absolute Gasteiger partial charge is 0.358 e. The van der Waals surface area contributed by atoms with Crippen molar-refractivity contribution in [3.8, 4) is 0 Å². The highest BCUT2D eigenvalue weighted by Gasteiger charge is 2.14. The lowest BCUT2D eigenvalue weighted by atomic mass is 10.3. The highest BCUT2D eigenvalue weighted by molar-refractivity contribution is 5.88. The molecule has 0 unspecified atom stereocenters. The second kappa shape index (κ2) is 3.38. The number of carbonyl (C=O) groups is 1. The van der Waals surface area contributed by atoms with Crippen molar-refractivity contribution in [2.75, 3.05) is 7.11 Å². The Morgan fingerprint density at radius 1 is 1.67 bits per heavy atom. The summed E-state index contributed by atoms with van der Waals surface area (Å²) in [6.45, 7) is 3.77. The molecule has 0 aliphatic carbocycles. The van der Waals surface area contributed by atoms with E-state index < -0.39 is 0 Å². The number of hydrogen-bond acceptors (Lipinski definition) is 3.